The Hall–Kier alpha value is -0.830. The Morgan fingerprint density at radius 3 is 2.76 bits per heavy atom. The standard InChI is InChI=1S/C13H18ClFN2/c1-9(10-5-3-2-4-6-10)17-13-12(15)7-11(14)8-16-13/h7-10H,2-6H2,1H3,(H,16,17). The van der Waals surface area contributed by atoms with Crippen LogP contribution in [0.2, 0.25) is 5.02 Å². The van der Waals surface area contributed by atoms with Crippen molar-refractivity contribution in [3.63, 3.8) is 0 Å². The topological polar surface area (TPSA) is 24.9 Å². The van der Waals surface area contributed by atoms with Crippen LogP contribution in [0, 0.1) is 11.7 Å². The fourth-order valence-electron chi connectivity index (χ4n) is 2.49. The van der Waals surface area contributed by atoms with E-state index in [0.717, 1.165) is 0 Å². The average Bonchev–Trinajstić information content (AvgIpc) is 2.34. The first-order valence-corrected chi connectivity index (χ1v) is 6.62. The van der Waals surface area contributed by atoms with E-state index in [9.17, 15) is 4.39 Å². The van der Waals surface area contributed by atoms with E-state index in [-0.39, 0.29) is 11.9 Å². The van der Waals surface area contributed by atoms with Gasteiger partial charge in [-0.3, -0.25) is 0 Å². The van der Waals surface area contributed by atoms with Gasteiger partial charge < -0.3 is 5.32 Å². The van der Waals surface area contributed by atoms with Crippen molar-refractivity contribution >= 4 is 17.4 Å². The number of halogens is 2. The lowest BCUT2D eigenvalue weighted by Crippen LogP contribution is -2.28. The third-order valence-electron chi connectivity index (χ3n) is 3.53. The highest BCUT2D eigenvalue weighted by molar-refractivity contribution is 6.30. The van der Waals surface area contributed by atoms with Gasteiger partial charge >= 0.3 is 0 Å². The van der Waals surface area contributed by atoms with Crippen LogP contribution in [0.3, 0.4) is 0 Å². The van der Waals surface area contributed by atoms with Crippen LogP contribution in [-0.4, -0.2) is 11.0 Å². The number of pyridine rings is 1. The molecule has 1 saturated carbocycles. The zero-order valence-electron chi connectivity index (χ0n) is 10.0. The fourth-order valence-corrected chi connectivity index (χ4v) is 2.63. The number of rotatable bonds is 3. The number of anilines is 1. The van der Waals surface area contributed by atoms with Gasteiger partial charge in [-0.05, 0) is 31.7 Å². The fraction of sp³-hybridized carbons (Fsp3) is 0.615. The van der Waals surface area contributed by atoms with Crippen LogP contribution in [0.25, 0.3) is 0 Å². The minimum Gasteiger partial charge on any atom is -0.365 e. The van der Waals surface area contributed by atoms with Crippen LogP contribution in [0.4, 0.5) is 10.2 Å². The summed E-state index contributed by atoms with van der Waals surface area (Å²) >= 11 is 5.67. The zero-order chi connectivity index (χ0) is 12.3. The molecule has 0 aromatic carbocycles. The Kier molecular flexibility index (Phi) is 4.21. The largest absolute Gasteiger partial charge is 0.365 e. The van der Waals surface area contributed by atoms with E-state index in [1.807, 2.05) is 0 Å². The summed E-state index contributed by atoms with van der Waals surface area (Å²) in [6, 6.07) is 1.56. The number of hydrogen-bond donors (Lipinski definition) is 1. The first-order chi connectivity index (χ1) is 8.16. The Bertz CT molecular complexity index is 378. The van der Waals surface area contributed by atoms with Crippen LogP contribution in [0.1, 0.15) is 39.0 Å². The maximum atomic E-state index is 13.6. The lowest BCUT2D eigenvalue weighted by atomic mass is 9.84. The molecule has 1 aliphatic rings. The van der Waals surface area contributed by atoms with Gasteiger partial charge in [-0.15, -0.1) is 0 Å². The maximum absolute atomic E-state index is 13.6. The summed E-state index contributed by atoms with van der Waals surface area (Å²) in [5, 5.41) is 3.49. The van der Waals surface area contributed by atoms with Crippen molar-refractivity contribution in [3.8, 4) is 0 Å². The molecule has 1 aliphatic carbocycles. The summed E-state index contributed by atoms with van der Waals surface area (Å²) in [4.78, 5) is 3.99. The van der Waals surface area contributed by atoms with Gasteiger partial charge in [0.25, 0.3) is 0 Å². The second-order valence-corrected chi connectivity index (χ2v) is 5.25. The summed E-state index contributed by atoms with van der Waals surface area (Å²) in [6.07, 6.45) is 7.82. The van der Waals surface area contributed by atoms with E-state index in [0.29, 0.717) is 16.8 Å². The van der Waals surface area contributed by atoms with Crippen LogP contribution in [0.5, 0.6) is 0 Å². The summed E-state index contributed by atoms with van der Waals surface area (Å²) in [6.45, 7) is 2.10. The lowest BCUT2D eigenvalue weighted by molar-refractivity contribution is 0.327. The van der Waals surface area contributed by atoms with Crippen LogP contribution < -0.4 is 5.32 Å². The predicted octanol–water partition coefficient (Wildman–Crippen LogP) is 4.25. The molecule has 1 N–H and O–H groups in total. The monoisotopic (exact) mass is 256 g/mol. The first kappa shape index (κ1) is 12.6. The van der Waals surface area contributed by atoms with Gasteiger partial charge in [-0.1, -0.05) is 30.9 Å². The van der Waals surface area contributed by atoms with Gasteiger partial charge in [-0.25, -0.2) is 9.37 Å². The van der Waals surface area contributed by atoms with E-state index in [1.165, 1.54) is 44.4 Å². The summed E-state index contributed by atoms with van der Waals surface area (Å²) < 4.78 is 13.6. The lowest BCUT2D eigenvalue weighted by Gasteiger charge is -2.28. The molecular weight excluding hydrogens is 239 g/mol. The van der Waals surface area contributed by atoms with Gasteiger partial charge in [-0.2, -0.15) is 0 Å². The average molecular weight is 257 g/mol. The Balaban J connectivity index is 1.99. The molecule has 0 spiro atoms. The van der Waals surface area contributed by atoms with Crippen molar-refractivity contribution in [3.05, 3.63) is 23.1 Å². The first-order valence-electron chi connectivity index (χ1n) is 6.24. The number of nitrogens with zero attached hydrogens (tertiary/aromatic N) is 1. The normalized spacial score (nSPS) is 19.0. The van der Waals surface area contributed by atoms with E-state index in [4.69, 9.17) is 11.6 Å². The summed E-state index contributed by atoms with van der Waals surface area (Å²) in [5.41, 5.74) is 0. The highest BCUT2D eigenvalue weighted by Gasteiger charge is 2.21. The Morgan fingerprint density at radius 2 is 2.12 bits per heavy atom. The molecule has 1 fully saturated rings. The van der Waals surface area contributed by atoms with Gasteiger partial charge in [0.15, 0.2) is 11.6 Å². The molecule has 94 valence electrons. The smallest absolute Gasteiger partial charge is 0.166 e. The van der Waals surface area contributed by atoms with Crippen molar-refractivity contribution < 1.29 is 4.39 Å². The maximum Gasteiger partial charge on any atom is 0.166 e. The van der Waals surface area contributed by atoms with E-state index in [2.05, 4.69) is 17.2 Å². The molecule has 1 aromatic rings. The third-order valence-corrected chi connectivity index (χ3v) is 3.74. The minimum atomic E-state index is -0.375. The Labute approximate surface area is 107 Å². The molecule has 1 heterocycles. The molecule has 1 aromatic heterocycles. The van der Waals surface area contributed by atoms with E-state index in [1.54, 1.807) is 0 Å². The minimum absolute atomic E-state index is 0.262. The summed E-state index contributed by atoms with van der Waals surface area (Å²) in [7, 11) is 0. The number of nitrogens with one attached hydrogen (secondary N) is 1. The van der Waals surface area contributed by atoms with Crippen molar-refractivity contribution in [2.24, 2.45) is 5.92 Å². The van der Waals surface area contributed by atoms with E-state index < -0.39 is 0 Å². The molecule has 0 amide bonds. The number of aromatic nitrogens is 1. The van der Waals surface area contributed by atoms with Gasteiger partial charge in [0.05, 0.1) is 5.02 Å². The summed E-state index contributed by atoms with van der Waals surface area (Å²) in [5.74, 6) is 0.563. The molecule has 1 unspecified atom stereocenters. The molecule has 0 saturated heterocycles. The van der Waals surface area contributed by atoms with Crippen molar-refractivity contribution in [2.75, 3.05) is 5.32 Å². The molecule has 0 radical (unpaired) electrons. The molecule has 4 heteroatoms. The zero-order valence-corrected chi connectivity index (χ0v) is 10.8. The van der Waals surface area contributed by atoms with Gasteiger partial charge in [0.1, 0.15) is 0 Å². The quantitative estimate of drug-likeness (QED) is 0.874. The molecule has 2 rings (SSSR count). The third kappa shape index (κ3) is 3.32. The highest BCUT2D eigenvalue weighted by atomic mass is 35.5. The van der Waals surface area contributed by atoms with Crippen molar-refractivity contribution in [1.29, 1.82) is 0 Å². The van der Waals surface area contributed by atoms with Gasteiger partial charge in [0, 0.05) is 12.2 Å². The predicted molar refractivity (Wildman–Crippen MR) is 68.9 cm³/mol. The van der Waals surface area contributed by atoms with Crippen LogP contribution in [-0.2, 0) is 0 Å². The van der Waals surface area contributed by atoms with Gasteiger partial charge in [0.2, 0.25) is 0 Å². The second kappa shape index (κ2) is 5.67. The molecule has 0 bridgehead atoms. The SMILES string of the molecule is CC(Nc1ncc(Cl)cc1F)C1CCCCC1. The van der Waals surface area contributed by atoms with E-state index >= 15 is 0 Å². The molecular formula is C13H18ClFN2. The molecule has 1 atom stereocenters. The Morgan fingerprint density at radius 1 is 1.41 bits per heavy atom. The van der Waals surface area contributed by atoms with Crippen molar-refractivity contribution in [2.45, 2.75) is 45.1 Å². The molecule has 0 aliphatic heterocycles. The molecule has 2 nitrogen and oxygen atoms in total. The second-order valence-electron chi connectivity index (χ2n) is 4.82. The van der Waals surface area contributed by atoms with Crippen LogP contribution >= 0.6 is 11.6 Å². The highest BCUT2D eigenvalue weighted by Crippen LogP contribution is 2.28. The molecule has 17 heavy (non-hydrogen) atoms. The van der Waals surface area contributed by atoms with Crippen LogP contribution in [0.15, 0.2) is 12.3 Å². The van der Waals surface area contributed by atoms with Crippen molar-refractivity contribution in [1.82, 2.24) is 4.98 Å². The number of hydrogen-bond acceptors (Lipinski definition) is 2.